The minimum atomic E-state index is -1.11. The van der Waals surface area contributed by atoms with E-state index in [1.54, 1.807) is 30.6 Å². The van der Waals surface area contributed by atoms with Crippen molar-refractivity contribution in [2.45, 2.75) is 108 Å². The predicted molar refractivity (Wildman–Crippen MR) is 265 cm³/mol. The number of alkyl halides is 1. The zero-order valence-corrected chi connectivity index (χ0v) is 40.8. The van der Waals surface area contributed by atoms with Gasteiger partial charge in [-0.05, 0) is 76.1 Å². The van der Waals surface area contributed by atoms with E-state index in [0.717, 1.165) is 79.7 Å². The van der Waals surface area contributed by atoms with Crippen LogP contribution in [-0.2, 0) is 20.9 Å². The van der Waals surface area contributed by atoms with Crippen LogP contribution in [0.2, 0.25) is 0 Å². The maximum Gasteiger partial charge on any atom is 0.320 e. The Morgan fingerprint density at radius 1 is 0.875 bits per heavy atom. The molecule has 0 spiro atoms. The largest absolute Gasteiger partial charge is 0.384 e. The number of likely N-dealkylation sites (tertiary alicyclic amines) is 1. The number of ether oxygens (including phenoxy) is 1. The van der Waals surface area contributed by atoms with E-state index in [-0.39, 0.29) is 48.5 Å². The number of urea groups is 1. The third-order valence-corrected chi connectivity index (χ3v) is 15.3. The molecule has 1 aromatic carbocycles. The third kappa shape index (κ3) is 10.3. The number of pyridine rings is 1. The number of imide groups is 2. The number of rotatable bonds is 15. The van der Waals surface area contributed by atoms with Gasteiger partial charge in [-0.2, -0.15) is 0 Å². The first kappa shape index (κ1) is 48.9. The Labute approximate surface area is 417 Å². The van der Waals surface area contributed by atoms with E-state index >= 15 is 0 Å². The SMILES string of the molecule is CO[C@@H]1CCN(c2nccc(CNc3cc4c(cn3)c(C(=O)NC3CCN(C(=O)N5CCN(CCCCNc6cccc7c6C(=O)N(C6CCC(=O)NC6=O)C7=O)CC5)CC3)cn4C3CCCC3)n2)C[C@@H]1F. The van der Waals surface area contributed by atoms with Gasteiger partial charge in [-0.1, -0.05) is 18.9 Å². The van der Waals surface area contributed by atoms with E-state index in [0.29, 0.717) is 94.1 Å². The van der Waals surface area contributed by atoms with Gasteiger partial charge in [0.2, 0.25) is 17.8 Å². The van der Waals surface area contributed by atoms with Gasteiger partial charge in [0.05, 0.1) is 47.1 Å². The second kappa shape index (κ2) is 21.5. The summed E-state index contributed by atoms with van der Waals surface area (Å²) in [6, 6.07) is 8.16. The van der Waals surface area contributed by atoms with Crippen LogP contribution in [0, 0.1) is 0 Å². The van der Waals surface area contributed by atoms with Crippen molar-refractivity contribution >= 4 is 63.9 Å². The molecule has 7 amide bonds. The lowest BCUT2D eigenvalue weighted by molar-refractivity contribution is -0.136. The van der Waals surface area contributed by atoms with Crippen LogP contribution in [-0.4, -0.2) is 172 Å². The van der Waals surface area contributed by atoms with Crippen molar-refractivity contribution in [1.82, 2.24) is 49.8 Å². The number of hydrogen-bond acceptors (Lipinski definition) is 14. The Kier molecular flexibility index (Phi) is 14.6. The average molecular weight is 990 g/mol. The van der Waals surface area contributed by atoms with Gasteiger partial charge in [0.1, 0.15) is 18.0 Å². The van der Waals surface area contributed by atoms with Crippen LogP contribution in [0.1, 0.15) is 113 Å². The average Bonchev–Trinajstić information content (AvgIpc) is 4.13. The molecule has 8 heterocycles. The van der Waals surface area contributed by atoms with Crippen molar-refractivity contribution < 1.29 is 37.9 Å². The smallest absolute Gasteiger partial charge is 0.320 e. The lowest BCUT2D eigenvalue weighted by Gasteiger charge is -2.39. The van der Waals surface area contributed by atoms with Crippen molar-refractivity contribution in [3.05, 3.63) is 71.3 Å². The fraction of sp³-hybridized carbons (Fsp3) is 0.549. The summed E-state index contributed by atoms with van der Waals surface area (Å²) >= 11 is 0. The number of hydrogen-bond donors (Lipinski definition) is 4. The molecule has 1 saturated carbocycles. The molecule has 10 rings (SSSR count). The van der Waals surface area contributed by atoms with E-state index in [1.165, 1.54) is 7.11 Å². The second-order valence-corrected chi connectivity index (χ2v) is 19.9. The van der Waals surface area contributed by atoms with Crippen molar-refractivity contribution in [2.75, 3.05) is 88.1 Å². The zero-order valence-electron chi connectivity index (χ0n) is 40.8. The minimum Gasteiger partial charge on any atom is -0.384 e. The first-order chi connectivity index (χ1) is 35.0. The molecule has 0 radical (unpaired) electrons. The number of amides is 7. The molecule has 1 unspecified atom stereocenters. The fourth-order valence-electron chi connectivity index (χ4n) is 11.2. The Hall–Kier alpha value is -6.74. The number of piperidine rings is 3. The Bertz CT molecular complexity index is 2700. The summed E-state index contributed by atoms with van der Waals surface area (Å²) in [5.41, 5.74) is 3.35. The van der Waals surface area contributed by atoms with Gasteiger partial charge in [0.15, 0.2) is 0 Å². The summed E-state index contributed by atoms with van der Waals surface area (Å²) in [6.07, 6.45) is 12.1. The molecule has 4 saturated heterocycles. The molecule has 6 aliphatic rings. The number of anilines is 3. The van der Waals surface area contributed by atoms with E-state index < -0.39 is 41.9 Å². The summed E-state index contributed by atoms with van der Waals surface area (Å²) in [7, 11) is 1.54. The summed E-state index contributed by atoms with van der Waals surface area (Å²) < 4.78 is 22.2. The van der Waals surface area contributed by atoms with Gasteiger partial charge >= 0.3 is 6.03 Å². The Balaban J connectivity index is 0.664. The molecule has 5 aliphatic heterocycles. The number of methoxy groups -OCH3 is 1. The molecule has 3 atom stereocenters. The molecule has 4 aromatic rings. The van der Waals surface area contributed by atoms with Gasteiger partial charge in [0.25, 0.3) is 17.7 Å². The first-order valence-corrected chi connectivity index (χ1v) is 25.7. The normalized spacial score (nSPS) is 22.4. The monoisotopic (exact) mass is 990 g/mol. The predicted octanol–water partition coefficient (Wildman–Crippen LogP) is 4.34. The van der Waals surface area contributed by atoms with Crippen LogP contribution in [0.3, 0.4) is 0 Å². The third-order valence-electron chi connectivity index (χ3n) is 15.3. The van der Waals surface area contributed by atoms with Gasteiger partial charge in [-0.25, -0.2) is 24.1 Å². The summed E-state index contributed by atoms with van der Waals surface area (Å²) in [6.45, 7) is 6.58. The topological polar surface area (TPSA) is 220 Å². The number of halogens is 1. The standard InChI is InChI=1S/C51H64FN13O7/c1-72-42-16-22-63(31-38(42)52)50-54-18-13-33(58-50)28-55-43-27-41-36(29-56-43)37(30-64(41)34-7-2-3-8-34)46(67)57-32-14-20-61(21-15-32)51(71)62-25-23-60(24-26-62)19-5-4-17-53-39-10-6-9-35-45(39)49(70)65(48(35)69)40-11-12-44(66)59-47(40)68/h6,9-10,13,18,27,29-30,32,34,38,40,42,53H,2-5,7-8,11-12,14-17,19-26,28,31H2,1H3,(H,55,56)(H,57,67)(H,59,66,68)/t38-,40?,42+/m0/s1. The zero-order chi connectivity index (χ0) is 49.9. The summed E-state index contributed by atoms with van der Waals surface area (Å²) in [5.74, 6) is -1.09. The molecule has 5 fully saturated rings. The maximum absolute atomic E-state index is 14.6. The minimum absolute atomic E-state index is 0.0380. The number of benzene rings is 1. The van der Waals surface area contributed by atoms with E-state index in [2.05, 4.69) is 35.7 Å². The van der Waals surface area contributed by atoms with Crippen LogP contribution >= 0.6 is 0 Å². The van der Waals surface area contributed by atoms with Crippen LogP contribution in [0.5, 0.6) is 0 Å². The molecule has 3 aromatic heterocycles. The van der Waals surface area contributed by atoms with E-state index in [4.69, 9.17) is 14.7 Å². The highest BCUT2D eigenvalue weighted by atomic mass is 19.1. The first-order valence-electron chi connectivity index (χ1n) is 25.7. The second-order valence-electron chi connectivity index (χ2n) is 19.9. The molecule has 21 heteroatoms. The van der Waals surface area contributed by atoms with Crippen molar-refractivity contribution in [3.63, 3.8) is 0 Å². The van der Waals surface area contributed by atoms with Crippen molar-refractivity contribution in [1.29, 1.82) is 0 Å². The molecule has 1 aliphatic carbocycles. The maximum atomic E-state index is 14.6. The van der Waals surface area contributed by atoms with Gasteiger partial charge in [-0.15, -0.1) is 0 Å². The number of fused-ring (bicyclic) bond motifs is 2. The molecular formula is C51H64FN13O7. The highest BCUT2D eigenvalue weighted by Crippen LogP contribution is 2.36. The number of nitrogens with one attached hydrogen (secondary N) is 4. The lowest BCUT2D eigenvalue weighted by atomic mass is 10.0. The number of carbonyl (C=O) groups excluding carboxylic acids is 6. The van der Waals surface area contributed by atoms with E-state index in [9.17, 15) is 33.2 Å². The van der Waals surface area contributed by atoms with Gasteiger partial charge in [-0.3, -0.25) is 39.1 Å². The number of carbonyl (C=O) groups is 6. The molecule has 382 valence electrons. The van der Waals surface area contributed by atoms with E-state index in [1.807, 2.05) is 33.0 Å². The fourth-order valence-corrected chi connectivity index (χ4v) is 11.2. The highest BCUT2D eigenvalue weighted by Gasteiger charge is 2.45. The number of piperazine rings is 1. The lowest BCUT2D eigenvalue weighted by Crippen LogP contribution is -2.55. The van der Waals surface area contributed by atoms with Gasteiger partial charge < -0.3 is 40.0 Å². The van der Waals surface area contributed by atoms with Gasteiger partial charge in [0, 0.05) is 114 Å². The summed E-state index contributed by atoms with van der Waals surface area (Å²) in [5, 5.41) is 13.0. The summed E-state index contributed by atoms with van der Waals surface area (Å²) in [4.78, 5) is 101. The Morgan fingerprint density at radius 3 is 2.43 bits per heavy atom. The number of nitrogens with zero attached hydrogens (tertiary/aromatic N) is 9. The van der Waals surface area contributed by atoms with Crippen molar-refractivity contribution in [2.24, 2.45) is 0 Å². The van der Waals surface area contributed by atoms with Crippen LogP contribution in [0.4, 0.5) is 26.6 Å². The van der Waals surface area contributed by atoms with Crippen molar-refractivity contribution in [3.8, 4) is 0 Å². The number of aromatic nitrogens is 4. The Morgan fingerprint density at radius 2 is 1.67 bits per heavy atom. The quantitative estimate of drug-likeness (QED) is 0.0963. The molecule has 20 nitrogen and oxygen atoms in total. The molecule has 72 heavy (non-hydrogen) atoms. The molecule has 0 bridgehead atoms. The van der Waals surface area contributed by atoms with Crippen LogP contribution in [0.25, 0.3) is 10.9 Å². The van der Waals surface area contributed by atoms with Crippen LogP contribution < -0.4 is 26.2 Å². The number of unbranched alkanes of at least 4 members (excludes halogenated alkanes) is 1. The highest BCUT2D eigenvalue weighted by molar-refractivity contribution is 6.25. The molecular weight excluding hydrogens is 926 g/mol. The van der Waals surface area contributed by atoms with Crippen LogP contribution in [0.15, 0.2) is 48.9 Å². The molecule has 4 N–H and O–H groups in total.